The van der Waals surface area contributed by atoms with Crippen molar-refractivity contribution in [1.29, 1.82) is 0 Å². The standard InChI is InChI=1S/C21H29OPSi/c1-21(2,3)23-20(22-24(4,5)6)19(17-13-9-7-10-14-17)18-15-11-8-12-16-18/h7-16,19H,1-6H3. The molecule has 0 spiro atoms. The molecule has 0 aliphatic rings. The molecule has 128 valence electrons. The summed E-state index contributed by atoms with van der Waals surface area (Å²) in [7, 11) is -0.431. The predicted molar refractivity (Wildman–Crippen MR) is 111 cm³/mol. The molecule has 0 fully saturated rings. The van der Waals surface area contributed by atoms with Crippen LogP contribution in [0, 0.1) is 0 Å². The maximum absolute atomic E-state index is 6.63. The fourth-order valence-corrected chi connectivity index (χ4v) is 5.40. The Morgan fingerprint density at radius 3 is 1.58 bits per heavy atom. The van der Waals surface area contributed by atoms with Crippen molar-refractivity contribution in [1.82, 2.24) is 0 Å². The minimum absolute atomic E-state index is 0.163. The zero-order valence-electron chi connectivity index (χ0n) is 15.7. The van der Waals surface area contributed by atoms with Gasteiger partial charge in [-0.2, -0.15) is 0 Å². The molecule has 2 rings (SSSR count). The van der Waals surface area contributed by atoms with Gasteiger partial charge in [-0.3, -0.25) is 0 Å². The number of hydrogen-bond donors (Lipinski definition) is 0. The minimum Gasteiger partial charge on any atom is -0.385 e. The monoisotopic (exact) mass is 356 g/mol. The van der Waals surface area contributed by atoms with Crippen molar-refractivity contribution in [2.45, 2.75) is 51.5 Å². The van der Waals surface area contributed by atoms with E-state index in [0.29, 0.717) is 0 Å². The molecular formula is C21H29OPSi. The predicted octanol–water partition coefficient (Wildman–Crippen LogP) is 6.54. The van der Waals surface area contributed by atoms with Crippen molar-refractivity contribution in [3.63, 3.8) is 0 Å². The lowest BCUT2D eigenvalue weighted by Crippen LogP contribution is -2.32. The van der Waals surface area contributed by atoms with Crippen molar-refractivity contribution in [2.24, 2.45) is 0 Å². The second-order valence-corrected chi connectivity index (χ2v) is 14.5. The molecule has 0 atom stereocenters. The molecule has 0 amide bonds. The maximum atomic E-state index is 6.63. The summed E-state index contributed by atoms with van der Waals surface area (Å²) in [6, 6.07) is 21.5. The Bertz CT molecular complexity index is 627. The Hall–Kier alpha value is -1.21. The van der Waals surface area contributed by atoms with Crippen molar-refractivity contribution >= 4 is 22.0 Å². The second kappa shape index (κ2) is 7.78. The molecule has 1 nitrogen and oxygen atoms in total. The van der Waals surface area contributed by atoms with E-state index < -0.39 is 8.32 Å². The highest BCUT2D eigenvalue weighted by Crippen LogP contribution is 2.35. The zero-order valence-corrected chi connectivity index (χ0v) is 17.6. The third-order valence-electron chi connectivity index (χ3n) is 3.37. The van der Waals surface area contributed by atoms with Crippen LogP contribution in [-0.2, 0) is 4.43 Å². The highest BCUT2D eigenvalue weighted by molar-refractivity contribution is 7.42. The quantitative estimate of drug-likeness (QED) is 0.436. The maximum Gasteiger partial charge on any atom is 0.191 e. The molecule has 0 aliphatic carbocycles. The van der Waals surface area contributed by atoms with E-state index in [9.17, 15) is 0 Å². The van der Waals surface area contributed by atoms with Gasteiger partial charge in [0.05, 0.1) is 11.4 Å². The number of rotatable bonds is 5. The fraction of sp³-hybridized carbons (Fsp3) is 0.381. The molecule has 0 aliphatic heterocycles. The normalized spacial score (nSPS) is 13.4. The van der Waals surface area contributed by atoms with Gasteiger partial charge in [0.1, 0.15) is 0 Å². The Morgan fingerprint density at radius 2 is 1.25 bits per heavy atom. The minimum atomic E-state index is -1.69. The molecular weight excluding hydrogens is 327 g/mol. The molecule has 2 aromatic rings. The summed E-state index contributed by atoms with van der Waals surface area (Å²) in [5.41, 5.74) is 3.78. The van der Waals surface area contributed by atoms with Gasteiger partial charge >= 0.3 is 0 Å². The van der Waals surface area contributed by atoms with Gasteiger partial charge in [-0.15, -0.1) is 0 Å². The van der Waals surface area contributed by atoms with E-state index in [0.717, 1.165) is 0 Å². The van der Waals surface area contributed by atoms with Crippen molar-refractivity contribution in [3.05, 3.63) is 71.8 Å². The highest BCUT2D eigenvalue weighted by atomic mass is 31.1. The topological polar surface area (TPSA) is 9.23 Å². The van der Waals surface area contributed by atoms with E-state index in [1.807, 2.05) is 0 Å². The van der Waals surface area contributed by atoms with Crippen molar-refractivity contribution in [2.75, 3.05) is 0 Å². The van der Waals surface area contributed by atoms with Crippen LogP contribution < -0.4 is 0 Å². The lowest BCUT2D eigenvalue weighted by molar-refractivity contribution is 0.542. The Kier molecular flexibility index (Phi) is 6.20. The number of benzene rings is 2. The van der Waals surface area contributed by atoms with Gasteiger partial charge in [0, 0.05) is 5.16 Å². The molecule has 0 saturated carbocycles. The molecule has 3 heteroatoms. The SMILES string of the molecule is CC(C)(C)P=C(O[Si](C)(C)C)C(c1ccccc1)c1ccccc1. The molecule has 0 radical (unpaired) electrons. The van der Waals surface area contributed by atoms with E-state index in [-0.39, 0.29) is 11.1 Å². The first-order chi connectivity index (χ1) is 11.2. The lowest BCUT2D eigenvalue weighted by atomic mass is 9.92. The molecule has 0 heterocycles. The summed E-state index contributed by atoms with van der Waals surface area (Å²) in [6.07, 6.45) is 0. The summed E-state index contributed by atoms with van der Waals surface area (Å²) in [4.78, 5) is 0. The van der Waals surface area contributed by atoms with Crippen LogP contribution in [0.5, 0.6) is 0 Å². The van der Waals surface area contributed by atoms with Gasteiger partial charge in [0.2, 0.25) is 0 Å². The van der Waals surface area contributed by atoms with Crippen LogP contribution in [-0.4, -0.2) is 19.0 Å². The zero-order chi connectivity index (χ0) is 17.8. The van der Waals surface area contributed by atoms with Crippen molar-refractivity contribution in [3.8, 4) is 0 Å². The van der Waals surface area contributed by atoms with Gasteiger partial charge in [0.15, 0.2) is 8.32 Å². The van der Waals surface area contributed by atoms with Crippen LogP contribution in [0.3, 0.4) is 0 Å². The number of hydrogen-bond acceptors (Lipinski definition) is 1. The van der Waals surface area contributed by atoms with Gasteiger partial charge in [-0.1, -0.05) is 89.6 Å². The van der Waals surface area contributed by atoms with Gasteiger partial charge in [-0.05, 0) is 30.8 Å². The van der Waals surface area contributed by atoms with E-state index in [1.54, 1.807) is 0 Å². The van der Waals surface area contributed by atoms with E-state index >= 15 is 0 Å². The van der Waals surface area contributed by atoms with Crippen LogP contribution in [0.2, 0.25) is 19.6 Å². The van der Waals surface area contributed by atoms with Crippen LogP contribution in [0.15, 0.2) is 60.7 Å². The van der Waals surface area contributed by atoms with Crippen molar-refractivity contribution < 1.29 is 4.43 Å². The van der Waals surface area contributed by atoms with Gasteiger partial charge < -0.3 is 4.43 Å². The van der Waals surface area contributed by atoms with Gasteiger partial charge in [0.25, 0.3) is 0 Å². The first kappa shape index (κ1) is 19.1. The summed E-state index contributed by atoms with van der Waals surface area (Å²) in [5, 5.41) is 0.163. The first-order valence-electron chi connectivity index (χ1n) is 8.54. The lowest BCUT2D eigenvalue weighted by Gasteiger charge is -2.29. The van der Waals surface area contributed by atoms with Gasteiger partial charge in [-0.25, -0.2) is 0 Å². The molecule has 0 saturated heterocycles. The smallest absolute Gasteiger partial charge is 0.191 e. The largest absolute Gasteiger partial charge is 0.385 e. The third-order valence-corrected chi connectivity index (χ3v) is 5.61. The average molecular weight is 357 g/mol. The molecule has 0 aromatic heterocycles. The summed E-state index contributed by atoms with van der Waals surface area (Å²) in [6.45, 7) is 13.6. The highest BCUT2D eigenvalue weighted by Gasteiger charge is 2.27. The van der Waals surface area contributed by atoms with Crippen LogP contribution in [0.4, 0.5) is 0 Å². The Labute approximate surface area is 150 Å². The van der Waals surface area contributed by atoms with Crippen LogP contribution in [0.25, 0.3) is 0 Å². The first-order valence-corrected chi connectivity index (χ1v) is 12.8. The second-order valence-electron chi connectivity index (χ2n) is 8.09. The van der Waals surface area contributed by atoms with E-state index in [4.69, 9.17) is 4.43 Å². The molecule has 0 unspecified atom stereocenters. The van der Waals surface area contributed by atoms with E-state index in [1.165, 1.54) is 24.8 Å². The Morgan fingerprint density at radius 1 is 0.833 bits per heavy atom. The third kappa shape index (κ3) is 6.01. The summed E-state index contributed by atoms with van der Waals surface area (Å²) >= 11 is 0. The summed E-state index contributed by atoms with van der Waals surface area (Å²) < 4.78 is 6.63. The molecule has 24 heavy (non-hydrogen) atoms. The average Bonchev–Trinajstić information content (AvgIpc) is 2.46. The van der Waals surface area contributed by atoms with Crippen LogP contribution in [0.1, 0.15) is 37.8 Å². The Balaban J connectivity index is 2.59. The molecule has 0 N–H and O–H groups in total. The molecule has 0 bridgehead atoms. The van der Waals surface area contributed by atoms with Crippen LogP contribution >= 0.6 is 8.20 Å². The van der Waals surface area contributed by atoms with E-state index in [2.05, 4.69) is 101 Å². The fourth-order valence-electron chi connectivity index (χ4n) is 2.56. The summed E-state index contributed by atoms with van der Waals surface area (Å²) in [5.74, 6) is 0.181. The molecule has 2 aromatic carbocycles.